The second-order valence-electron chi connectivity index (χ2n) is 5.86. The molecule has 0 saturated carbocycles. The number of rotatable bonds is 11. The molecule has 2 aromatic rings. The molecule has 1 heterocycles. The molecule has 9 heteroatoms. The van der Waals surface area contributed by atoms with Crippen LogP contribution in [-0.4, -0.2) is 54.1 Å². The minimum Gasteiger partial charge on any atom is -0.497 e. The second kappa shape index (κ2) is 14.0. The first-order valence-electron chi connectivity index (χ1n) is 9.42. The van der Waals surface area contributed by atoms with Gasteiger partial charge in [-0.25, -0.2) is 0 Å². The van der Waals surface area contributed by atoms with Crippen molar-refractivity contribution >= 4 is 29.9 Å². The quantitative estimate of drug-likeness (QED) is 0.213. The van der Waals surface area contributed by atoms with Crippen LogP contribution < -0.4 is 20.1 Å². The van der Waals surface area contributed by atoms with Crippen LogP contribution in [0.15, 0.2) is 35.6 Å². The highest BCUT2D eigenvalue weighted by Crippen LogP contribution is 2.16. The van der Waals surface area contributed by atoms with Crippen LogP contribution in [0, 0.1) is 0 Å². The maximum Gasteiger partial charge on any atom is 0.191 e. The van der Waals surface area contributed by atoms with E-state index < -0.39 is 0 Å². The Morgan fingerprint density at radius 3 is 2.57 bits per heavy atom. The molecule has 8 nitrogen and oxygen atoms in total. The Morgan fingerprint density at radius 2 is 1.89 bits per heavy atom. The van der Waals surface area contributed by atoms with Gasteiger partial charge in [0, 0.05) is 39.0 Å². The van der Waals surface area contributed by atoms with E-state index in [-0.39, 0.29) is 24.0 Å². The fourth-order valence-corrected chi connectivity index (χ4v) is 2.49. The van der Waals surface area contributed by atoms with Gasteiger partial charge in [-0.2, -0.15) is 0 Å². The van der Waals surface area contributed by atoms with Gasteiger partial charge in [0.25, 0.3) is 0 Å². The smallest absolute Gasteiger partial charge is 0.191 e. The molecule has 0 spiro atoms. The van der Waals surface area contributed by atoms with Crippen LogP contribution in [0.25, 0.3) is 0 Å². The molecule has 0 radical (unpaired) electrons. The van der Waals surface area contributed by atoms with Crippen molar-refractivity contribution in [3.63, 3.8) is 0 Å². The first-order chi connectivity index (χ1) is 13.3. The normalized spacial score (nSPS) is 10.9. The zero-order valence-electron chi connectivity index (χ0n) is 16.9. The molecule has 2 N–H and O–H groups in total. The molecule has 0 fully saturated rings. The number of nitrogens with one attached hydrogen (secondary N) is 2. The fraction of sp³-hybridized carbons (Fsp3) is 0.526. The molecule has 0 saturated heterocycles. The number of guanidine groups is 1. The summed E-state index contributed by atoms with van der Waals surface area (Å²) in [7, 11) is 1.65. The Bertz CT molecular complexity index is 690. The lowest BCUT2D eigenvalue weighted by molar-refractivity contribution is 0.312. The van der Waals surface area contributed by atoms with Crippen molar-refractivity contribution in [2.24, 2.45) is 4.99 Å². The number of methoxy groups -OCH3 is 1. The van der Waals surface area contributed by atoms with E-state index in [2.05, 4.69) is 44.2 Å². The van der Waals surface area contributed by atoms with E-state index in [0.717, 1.165) is 55.8 Å². The van der Waals surface area contributed by atoms with Crippen LogP contribution in [0.3, 0.4) is 0 Å². The van der Waals surface area contributed by atoms with Gasteiger partial charge in [-0.15, -0.1) is 34.2 Å². The monoisotopic (exact) mass is 502 g/mol. The largest absolute Gasteiger partial charge is 0.497 e. The summed E-state index contributed by atoms with van der Waals surface area (Å²) >= 11 is 0. The van der Waals surface area contributed by atoms with Gasteiger partial charge in [0.2, 0.25) is 0 Å². The van der Waals surface area contributed by atoms with Gasteiger partial charge in [0.15, 0.2) is 5.96 Å². The lowest BCUT2D eigenvalue weighted by Gasteiger charge is -2.12. The van der Waals surface area contributed by atoms with Gasteiger partial charge in [0.05, 0.1) is 13.7 Å². The van der Waals surface area contributed by atoms with Gasteiger partial charge in [0.1, 0.15) is 23.7 Å². The topological polar surface area (TPSA) is 85.6 Å². The Morgan fingerprint density at radius 1 is 1.14 bits per heavy atom. The summed E-state index contributed by atoms with van der Waals surface area (Å²) < 4.78 is 12.9. The average Bonchev–Trinajstić information content (AvgIpc) is 3.15. The summed E-state index contributed by atoms with van der Waals surface area (Å²) in [6.07, 6.45) is 3.48. The lowest BCUT2D eigenvalue weighted by atomic mass is 10.3. The zero-order chi connectivity index (χ0) is 19.3. The van der Waals surface area contributed by atoms with E-state index >= 15 is 0 Å². The van der Waals surface area contributed by atoms with Gasteiger partial charge < -0.3 is 24.7 Å². The molecule has 1 aromatic carbocycles. The Labute approximate surface area is 184 Å². The summed E-state index contributed by atoms with van der Waals surface area (Å²) in [4.78, 5) is 4.59. The number of aliphatic imine (C=N–C) groups is 1. The fourth-order valence-electron chi connectivity index (χ4n) is 2.49. The van der Waals surface area contributed by atoms with Crippen LogP contribution in [0.5, 0.6) is 11.5 Å². The van der Waals surface area contributed by atoms with E-state index in [1.54, 1.807) is 13.4 Å². The summed E-state index contributed by atoms with van der Waals surface area (Å²) in [5, 5.41) is 14.6. The van der Waals surface area contributed by atoms with E-state index in [9.17, 15) is 0 Å². The van der Waals surface area contributed by atoms with Gasteiger partial charge in [-0.05, 0) is 31.2 Å². The minimum atomic E-state index is 0. The van der Waals surface area contributed by atoms with Gasteiger partial charge >= 0.3 is 0 Å². The summed E-state index contributed by atoms with van der Waals surface area (Å²) in [5.41, 5.74) is 0. The van der Waals surface area contributed by atoms with E-state index in [4.69, 9.17) is 9.47 Å². The van der Waals surface area contributed by atoms with Crippen LogP contribution in [0.4, 0.5) is 0 Å². The molecule has 1 aromatic heterocycles. The number of aromatic nitrogens is 3. The van der Waals surface area contributed by atoms with Crippen LogP contribution in [0.1, 0.15) is 26.1 Å². The minimum absolute atomic E-state index is 0. The van der Waals surface area contributed by atoms with Crippen molar-refractivity contribution in [1.29, 1.82) is 0 Å². The Kier molecular flexibility index (Phi) is 12.0. The van der Waals surface area contributed by atoms with Crippen LogP contribution in [-0.2, 0) is 13.0 Å². The summed E-state index contributed by atoms with van der Waals surface area (Å²) in [6.45, 7) is 7.84. The Hall–Kier alpha value is -2.04. The number of halogens is 1. The third kappa shape index (κ3) is 8.32. The molecular weight excluding hydrogens is 471 g/mol. The maximum atomic E-state index is 5.72. The highest BCUT2D eigenvalue weighted by atomic mass is 127. The SMILES string of the molecule is CCNC(=NCCCOc1ccc(OC)cc1)NCCn1cnnc1CC.I. The molecule has 156 valence electrons. The highest BCUT2D eigenvalue weighted by Gasteiger charge is 2.02. The Balaban J connectivity index is 0.00000392. The molecule has 0 amide bonds. The highest BCUT2D eigenvalue weighted by molar-refractivity contribution is 14.0. The van der Waals surface area contributed by atoms with Crippen molar-refractivity contribution in [1.82, 2.24) is 25.4 Å². The molecule has 2 rings (SSSR count). The molecule has 28 heavy (non-hydrogen) atoms. The predicted molar refractivity (Wildman–Crippen MR) is 122 cm³/mol. The van der Waals surface area contributed by atoms with Gasteiger partial charge in [-0.3, -0.25) is 4.99 Å². The number of ether oxygens (including phenoxy) is 2. The number of nitrogens with zero attached hydrogens (tertiary/aromatic N) is 4. The summed E-state index contributed by atoms with van der Waals surface area (Å²) in [6, 6.07) is 7.59. The predicted octanol–water partition coefficient (Wildman–Crippen LogP) is 2.49. The number of benzene rings is 1. The molecule has 0 aliphatic carbocycles. The number of hydrogen-bond donors (Lipinski definition) is 2. The first kappa shape index (κ1) is 24.0. The van der Waals surface area contributed by atoms with Crippen molar-refractivity contribution in [3.05, 3.63) is 36.4 Å². The lowest BCUT2D eigenvalue weighted by Crippen LogP contribution is -2.39. The molecular formula is C19H31IN6O2. The van der Waals surface area contributed by atoms with E-state index in [1.807, 2.05) is 24.3 Å². The standard InChI is InChI=1S/C19H30N6O2.HI/c1-4-18-24-23-15-25(18)13-12-22-19(20-5-2)21-11-6-14-27-17-9-7-16(26-3)8-10-17;/h7-10,15H,4-6,11-14H2,1-3H3,(H2,20,21,22);1H. The van der Waals surface area contributed by atoms with Gasteiger partial charge in [-0.1, -0.05) is 6.92 Å². The number of aryl methyl sites for hydroxylation is 1. The molecule has 0 aliphatic rings. The third-order valence-corrected chi connectivity index (χ3v) is 3.90. The molecule has 0 atom stereocenters. The third-order valence-electron chi connectivity index (χ3n) is 3.90. The van der Waals surface area contributed by atoms with Crippen molar-refractivity contribution in [2.75, 3.05) is 33.4 Å². The maximum absolute atomic E-state index is 5.72. The molecule has 0 unspecified atom stereocenters. The van der Waals surface area contributed by atoms with Crippen molar-refractivity contribution in [2.45, 2.75) is 33.2 Å². The number of hydrogen-bond acceptors (Lipinski definition) is 5. The first-order valence-corrected chi connectivity index (χ1v) is 9.42. The second-order valence-corrected chi connectivity index (χ2v) is 5.86. The van der Waals surface area contributed by atoms with Crippen LogP contribution in [0.2, 0.25) is 0 Å². The van der Waals surface area contributed by atoms with Crippen LogP contribution >= 0.6 is 24.0 Å². The van der Waals surface area contributed by atoms with Crippen molar-refractivity contribution < 1.29 is 9.47 Å². The van der Waals surface area contributed by atoms with Crippen molar-refractivity contribution in [3.8, 4) is 11.5 Å². The zero-order valence-corrected chi connectivity index (χ0v) is 19.2. The van der Waals surface area contributed by atoms with E-state index in [1.165, 1.54) is 0 Å². The average molecular weight is 502 g/mol. The van der Waals surface area contributed by atoms with E-state index in [0.29, 0.717) is 13.2 Å². The molecule has 0 aliphatic heterocycles. The molecule has 0 bridgehead atoms. The summed E-state index contributed by atoms with van der Waals surface area (Å²) in [5.74, 6) is 3.47.